The van der Waals surface area contributed by atoms with Crippen LogP contribution in [0.2, 0.25) is 0 Å². The van der Waals surface area contributed by atoms with Gasteiger partial charge >= 0.3 is 0 Å². The molecule has 1 aromatic heterocycles. The van der Waals surface area contributed by atoms with Crippen LogP contribution in [0.25, 0.3) is 11.8 Å². The van der Waals surface area contributed by atoms with Crippen LogP contribution in [-0.2, 0) is 11.2 Å². The summed E-state index contributed by atoms with van der Waals surface area (Å²) < 4.78 is 21.4. The summed E-state index contributed by atoms with van der Waals surface area (Å²) in [6.45, 7) is 2.65. The smallest absolute Gasteiger partial charge is 0.250 e. The molecule has 32 heavy (non-hydrogen) atoms. The predicted octanol–water partition coefficient (Wildman–Crippen LogP) is 5.02. The van der Waals surface area contributed by atoms with Gasteiger partial charge in [0.25, 0.3) is 0 Å². The van der Waals surface area contributed by atoms with Crippen molar-refractivity contribution in [2.45, 2.75) is 38.6 Å². The quantitative estimate of drug-likeness (QED) is 0.545. The van der Waals surface area contributed by atoms with Crippen LogP contribution in [-0.4, -0.2) is 34.0 Å². The molecule has 1 fully saturated rings. The van der Waals surface area contributed by atoms with Crippen LogP contribution in [0.15, 0.2) is 54.5 Å². The Morgan fingerprint density at radius 2 is 2.06 bits per heavy atom. The summed E-state index contributed by atoms with van der Waals surface area (Å²) in [5, 5.41) is 0. The lowest BCUT2D eigenvalue weighted by atomic mass is 9.97. The molecule has 1 atom stereocenters. The van der Waals surface area contributed by atoms with Crippen molar-refractivity contribution < 1.29 is 13.9 Å². The van der Waals surface area contributed by atoms with Crippen molar-refractivity contribution >= 4 is 12.0 Å². The fraction of sp³-hybridized carbons (Fsp3) is 0.308. The average molecular weight is 432 g/mol. The second-order valence-electron chi connectivity index (χ2n) is 8.52. The third-order valence-corrected chi connectivity index (χ3v) is 6.45. The fourth-order valence-electron chi connectivity index (χ4n) is 4.89. The largest absolute Gasteiger partial charge is 0.495 e. The van der Waals surface area contributed by atoms with Crippen LogP contribution in [0, 0.1) is 12.7 Å². The number of ether oxygens (including phenoxy) is 1. The van der Waals surface area contributed by atoms with Gasteiger partial charge in [-0.1, -0.05) is 12.1 Å². The van der Waals surface area contributed by atoms with E-state index >= 15 is 0 Å². The highest BCUT2D eigenvalue weighted by molar-refractivity contribution is 5.99. The maximum Gasteiger partial charge on any atom is 0.250 e. The predicted molar refractivity (Wildman–Crippen MR) is 121 cm³/mol. The van der Waals surface area contributed by atoms with E-state index in [0.29, 0.717) is 6.54 Å². The minimum atomic E-state index is -0.240. The number of carbonyl (C=O) groups is 1. The van der Waals surface area contributed by atoms with E-state index in [1.165, 1.54) is 6.07 Å². The Morgan fingerprint density at radius 3 is 2.84 bits per heavy atom. The zero-order valence-electron chi connectivity index (χ0n) is 18.3. The van der Waals surface area contributed by atoms with E-state index < -0.39 is 0 Å². The van der Waals surface area contributed by atoms with Gasteiger partial charge in [-0.05, 0) is 79.6 Å². The molecule has 2 aliphatic rings. The number of nitrogens with zero attached hydrogens (tertiary/aromatic N) is 3. The van der Waals surface area contributed by atoms with Gasteiger partial charge in [0.15, 0.2) is 0 Å². The molecule has 5 rings (SSSR count). The van der Waals surface area contributed by atoms with E-state index in [2.05, 4.69) is 4.98 Å². The lowest BCUT2D eigenvalue weighted by Gasteiger charge is -2.34. The first-order valence-corrected chi connectivity index (χ1v) is 11.0. The molecule has 1 saturated heterocycles. The Bertz CT molecular complexity index is 1210. The number of piperidine rings is 1. The number of aryl methyl sites for hydroxylation is 2. The number of imidazole rings is 1. The molecule has 2 aromatic carbocycles. The summed E-state index contributed by atoms with van der Waals surface area (Å²) in [5.74, 6) is 0.528. The van der Waals surface area contributed by atoms with E-state index in [-0.39, 0.29) is 17.8 Å². The van der Waals surface area contributed by atoms with Crippen molar-refractivity contribution in [1.29, 1.82) is 0 Å². The summed E-state index contributed by atoms with van der Waals surface area (Å²) in [4.78, 5) is 19.6. The van der Waals surface area contributed by atoms with Crippen molar-refractivity contribution in [3.63, 3.8) is 0 Å². The number of benzene rings is 2. The van der Waals surface area contributed by atoms with Gasteiger partial charge in [-0.25, -0.2) is 9.37 Å². The number of rotatable bonds is 4. The molecule has 0 N–H and O–H groups in total. The molecule has 1 aliphatic heterocycles. The third kappa shape index (κ3) is 3.70. The van der Waals surface area contributed by atoms with E-state index in [4.69, 9.17) is 4.74 Å². The van der Waals surface area contributed by atoms with Gasteiger partial charge < -0.3 is 14.2 Å². The normalized spacial score (nSPS) is 19.5. The molecule has 1 aliphatic carbocycles. The summed E-state index contributed by atoms with van der Waals surface area (Å²) in [6.07, 6.45) is 9.05. The first-order chi connectivity index (χ1) is 15.5. The van der Waals surface area contributed by atoms with Gasteiger partial charge in [-0.15, -0.1) is 0 Å². The molecule has 164 valence electrons. The zero-order valence-corrected chi connectivity index (χ0v) is 18.3. The molecule has 0 bridgehead atoms. The van der Waals surface area contributed by atoms with Gasteiger partial charge in [0.05, 0.1) is 30.9 Å². The third-order valence-electron chi connectivity index (χ3n) is 6.45. The van der Waals surface area contributed by atoms with E-state index in [1.54, 1.807) is 19.5 Å². The number of carbonyl (C=O) groups excluding carboxylic acids is 1. The average Bonchev–Trinajstić information content (AvgIpc) is 3.41. The SMILES string of the molecule is COc1cc(C=C2CCCN([C@H]3CCc4ccc(F)cc43)C2=O)ccc1-n1cnc(C)c1. The van der Waals surface area contributed by atoms with E-state index in [9.17, 15) is 9.18 Å². The summed E-state index contributed by atoms with van der Waals surface area (Å²) in [7, 11) is 1.64. The van der Waals surface area contributed by atoms with Crippen LogP contribution in [0.4, 0.5) is 4.39 Å². The van der Waals surface area contributed by atoms with Gasteiger partial charge in [0, 0.05) is 18.3 Å². The number of methoxy groups -OCH3 is 1. The summed E-state index contributed by atoms with van der Waals surface area (Å²) in [6, 6.07) is 10.8. The van der Waals surface area contributed by atoms with Crippen LogP contribution in [0.5, 0.6) is 5.75 Å². The standard InChI is InChI=1S/C26H26FN3O2/c1-17-15-29(16-28-17)24-9-5-18(13-25(24)32-2)12-20-4-3-11-30(26(20)31)23-10-7-19-6-8-21(27)14-22(19)23/h5-6,8-9,12-16,23H,3-4,7,10-11H2,1-2H3/t23-/m0/s1. The maximum absolute atomic E-state index is 13.9. The molecule has 3 aromatic rings. The molecular formula is C26H26FN3O2. The Balaban J connectivity index is 1.42. The minimum Gasteiger partial charge on any atom is -0.495 e. The number of likely N-dealkylation sites (tertiary alicyclic amines) is 1. The monoisotopic (exact) mass is 431 g/mol. The van der Waals surface area contributed by atoms with E-state index in [1.807, 2.05) is 52.9 Å². The molecule has 0 unspecified atom stereocenters. The number of hydrogen-bond donors (Lipinski definition) is 0. The van der Waals surface area contributed by atoms with Crippen LogP contribution >= 0.6 is 0 Å². The highest BCUT2D eigenvalue weighted by Gasteiger charge is 2.34. The van der Waals surface area contributed by atoms with Crippen molar-refractivity contribution in [3.8, 4) is 11.4 Å². The molecule has 0 spiro atoms. The van der Waals surface area contributed by atoms with Crippen LogP contribution < -0.4 is 4.74 Å². The minimum absolute atomic E-state index is 0.0432. The van der Waals surface area contributed by atoms with Crippen molar-refractivity contribution in [2.75, 3.05) is 13.7 Å². The molecule has 2 heterocycles. The Morgan fingerprint density at radius 1 is 1.19 bits per heavy atom. The van der Waals surface area contributed by atoms with Crippen molar-refractivity contribution in [2.24, 2.45) is 0 Å². The van der Waals surface area contributed by atoms with Gasteiger partial charge in [0.2, 0.25) is 5.91 Å². The molecule has 1 amide bonds. The Kier molecular flexibility index (Phi) is 5.29. The highest BCUT2D eigenvalue weighted by Crippen LogP contribution is 2.39. The number of halogens is 1. The Hall–Kier alpha value is -3.41. The number of amides is 1. The highest BCUT2D eigenvalue weighted by atomic mass is 19.1. The van der Waals surface area contributed by atoms with Gasteiger partial charge in [-0.2, -0.15) is 0 Å². The molecule has 0 radical (unpaired) electrons. The van der Waals surface area contributed by atoms with Crippen LogP contribution in [0.3, 0.4) is 0 Å². The van der Waals surface area contributed by atoms with Crippen molar-refractivity contribution in [1.82, 2.24) is 14.5 Å². The number of fused-ring (bicyclic) bond motifs is 1. The second-order valence-corrected chi connectivity index (χ2v) is 8.52. The second kappa shape index (κ2) is 8.26. The van der Waals surface area contributed by atoms with Crippen molar-refractivity contribution in [3.05, 3.63) is 82.7 Å². The number of aromatic nitrogens is 2. The summed E-state index contributed by atoms with van der Waals surface area (Å²) in [5.41, 5.74) is 5.65. The Labute approximate surface area is 187 Å². The maximum atomic E-state index is 13.9. The number of hydrogen-bond acceptors (Lipinski definition) is 3. The first-order valence-electron chi connectivity index (χ1n) is 11.0. The molecular weight excluding hydrogens is 405 g/mol. The van der Waals surface area contributed by atoms with Gasteiger partial charge in [-0.3, -0.25) is 4.79 Å². The molecule has 5 nitrogen and oxygen atoms in total. The van der Waals surface area contributed by atoms with Gasteiger partial charge in [0.1, 0.15) is 11.6 Å². The zero-order chi connectivity index (χ0) is 22.2. The molecule has 6 heteroatoms. The summed E-state index contributed by atoms with van der Waals surface area (Å²) >= 11 is 0. The molecule has 0 saturated carbocycles. The van der Waals surface area contributed by atoms with E-state index in [0.717, 1.165) is 65.1 Å². The lowest BCUT2D eigenvalue weighted by Crippen LogP contribution is -2.39. The lowest BCUT2D eigenvalue weighted by molar-refractivity contribution is -0.131. The topological polar surface area (TPSA) is 47.4 Å². The first kappa shape index (κ1) is 20.5. The fourth-order valence-corrected chi connectivity index (χ4v) is 4.89. The van der Waals surface area contributed by atoms with Crippen LogP contribution in [0.1, 0.15) is 47.7 Å².